The van der Waals surface area contributed by atoms with E-state index in [1.54, 1.807) is 0 Å². The molecular formula is C15H18N4O. The molecule has 5 nitrogen and oxygen atoms in total. The first kappa shape index (κ1) is 12.9. The highest BCUT2D eigenvalue weighted by atomic mass is 16.5. The van der Waals surface area contributed by atoms with Crippen LogP contribution in [0.4, 0.5) is 11.8 Å². The van der Waals surface area contributed by atoms with Gasteiger partial charge in [0.05, 0.1) is 18.7 Å². The first-order chi connectivity index (χ1) is 9.88. The normalized spacial score (nSPS) is 15.3. The molecule has 20 heavy (non-hydrogen) atoms. The summed E-state index contributed by atoms with van der Waals surface area (Å²) in [6.07, 6.45) is 1.82. The zero-order valence-electron chi connectivity index (χ0n) is 11.4. The van der Waals surface area contributed by atoms with Crippen molar-refractivity contribution in [2.24, 2.45) is 0 Å². The SMILES string of the molecule is C=CCNc1nc(N2CCOCC2)nc2ccccc12. The maximum absolute atomic E-state index is 5.38. The number of aromatic nitrogens is 2. The van der Waals surface area contributed by atoms with E-state index in [1.165, 1.54) is 0 Å². The average Bonchev–Trinajstić information content (AvgIpc) is 2.53. The second-order valence-corrected chi connectivity index (χ2v) is 4.66. The summed E-state index contributed by atoms with van der Waals surface area (Å²) in [6.45, 7) is 7.54. The smallest absolute Gasteiger partial charge is 0.228 e. The quantitative estimate of drug-likeness (QED) is 0.862. The third kappa shape index (κ3) is 2.58. The topological polar surface area (TPSA) is 50.3 Å². The lowest BCUT2D eigenvalue weighted by Crippen LogP contribution is -2.37. The molecule has 1 aromatic carbocycles. The van der Waals surface area contributed by atoms with Gasteiger partial charge in [0.15, 0.2) is 0 Å². The summed E-state index contributed by atoms with van der Waals surface area (Å²) < 4.78 is 5.38. The lowest BCUT2D eigenvalue weighted by atomic mass is 10.2. The zero-order valence-corrected chi connectivity index (χ0v) is 11.4. The molecule has 0 amide bonds. The van der Waals surface area contributed by atoms with Crippen molar-refractivity contribution in [1.29, 1.82) is 0 Å². The Kier molecular flexibility index (Phi) is 3.78. The van der Waals surface area contributed by atoms with Crippen LogP contribution in [0.1, 0.15) is 0 Å². The minimum atomic E-state index is 0.684. The average molecular weight is 270 g/mol. The molecule has 2 aromatic rings. The van der Waals surface area contributed by atoms with Crippen LogP contribution >= 0.6 is 0 Å². The van der Waals surface area contributed by atoms with Crippen LogP contribution in [-0.4, -0.2) is 42.8 Å². The van der Waals surface area contributed by atoms with Crippen molar-refractivity contribution in [3.8, 4) is 0 Å². The number of para-hydroxylation sites is 1. The highest BCUT2D eigenvalue weighted by Crippen LogP contribution is 2.23. The fraction of sp³-hybridized carbons (Fsp3) is 0.333. The summed E-state index contributed by atoms with van der Waals surface area (Å²) in [5, 5.41) is 4.32. The highest BCUT2D eigenvalue weighted by molar-refractivity contribution is 5.90. The van der Waals surface area contributed by atoms with Gasteiger partial charge in [-0.1, -0.05) is 18.2 Å². The van der Waals surface area contributed by atoms with Gasteiger partial charge in [0.2, 0.25) is 5.95 Å². The van der Waals surface area contributed by atoms with Gasteiger partial charge in [0, 0.05) is 25.0 Å². The molecule has 1 fully saturated rings. The van der Waals surface area contributed by atoms with Crippen LogP contribution in [0.3, 0.4) is 0 Å². The van der Waals surface area contributed by atoms with Crippen molar-refractivity contribution in [2.45, 2.75) is 0 Å². The Morgan fingerprint density at radius 2 is 2.05 bits per heavy atom. The molecular weight excluding hydrogens is 252 g/mol. The number of hydrogen-bond donors (Lipinski definition) is 1. The number of nitrogens with zero attached hydrogens (tertiary/aromatic N) is 3. The molecule has 1 aromatic heterocycles. The number of ether oxygens (including phenoxy) is 1. The molecule has 3 rings (SSSR count). The minimum Gasteiger partial charge on any atom is -0.378 e. The lowest BCUT2D eigenvalue weighted by molar-refractivity contribution is 0.122. The van der Waals surface area contributed by atoms with Crippen LogP contribution in [0.15, 0.2) is 36.9 Å². The molecule has 0 unspecified atom stereocenters. The first-order valence-electron chi connectivity index (χ1n) is 6.83. The zero-order chi connectivity index (χ0) is 13.8. The molecule has 0 bridgehead atoms. The van der Waals surface area contributed by atoms with E-state index in [4.69, 9.17) is 4.74 Å². The molecule has 1 N–H and O–H groups in total. The van der Waals surface area contributed by atoms with Gasteiger partial charge in [0.25, 0.3) is 0 Å². The van der Waals surface area contributed by atoms with Crippen molar-refractivity contribution in [3.05, 3.63) is 36.9 Å². The van der Waals surface area contributed by atoms with Gasteiger partial charge < -0.3 is 15.0 Å². The molecule has 0 radical (unpaired) electrons. The van der Waals surface area contributed by atoms with Crippen LogP contribution in [0, 0.1) is 0 Å². The van der Waals surface area contributed by atoms with Gasteiger partial charge in [-0.15, -0.1) is 6.58 Å². The van der Waals surface area contributed by atoms with E-state index in [-0.39, 0.29) is 0 Å². The van der Waals surface area contributed by atoms with Gasteiger partial charge in [0.1, 0.15) is 5.82 Å². The minimum absolute atomic E-state index is 0.684. The summed E-state index contributed by atoms with van der Waals surface area (Å²) in [4.78, 5) is 11.5. The number of anilines is 2. The number of morpholine rings is 1. The van der Waals surface area contributed by atoms with Gasteiger partial charge in [-0.05, 0) is 12.1 Å². The number of rotatable bonds is 4. The van der Waals surface area contributed by atoms with Gasteiger partial charge in [-0.2, -0.15) is 4.98 Å². The molecule has 1 aliphatic heterocycles. The lowest BCUT2D eigenvalue weighted by Gasteiger charge is -2.27. The molecule has 0 aliphatic carbocycles. The van der Waals surface area contributed by atoms with Crippen LogP contribution in [0.25, 0.3) is 10.9 Å². The number of benzene rings is 1. The second kappa shape index (κ2) is 5.88. The van der Waals surface area contributed by atoms with Crippen molar-refractivity contribution in [3.63, 3.8) is 0 Å². The number of nitrogens with one attached hydrogen (secondary N) is 1. The third-order valence-corrected chi connectivity index (χ3v) is 3.30. The van der Waals surface area contributed by atoms with E-state index in [1.807, 2.05) is 30.3 Å². The molecule has 1 aliphatic rings. The van der Waals surface area contributed by atoms with Gasteiger partial charge in [-0.3, -0.25) is 0 Å². The van der Waals surface area contributed by atoms with Crippen LogP contribution in [-0.2, 0) is 4.74 Å². The summed E-state index contributed by atoms with van der Waals surface area (Å²) in [7, 11) is 0. The second-order valence-electron chi connectivity index (χ2n) is 4.66. The van der Waals surface area contributed by atoms with Crippen molar-refractivity contribution in [1.82, 2.24) is 9.97 Å². The predicted molar refractivity (Wildman–Crippen MR) is 81.3 cm³/mol. The summed E-state index contributed by atoms with van der Waals surface area (Å²) in [5.74, 6) is 1.62. The van der Waals surface area contributed by atoms with E-state index in [2.05, 4.69) is 26.8 Å². The Morgan fingerprint density at radius 1 is 1.25 bits per heavy atom. The molecule has 0 saturated carbocycles. The Hall–Kier alpha value is -2.14. The molecule has 1 saturated heterocycles. The summed E-state index contributed by atoms with van der Waals surface area (Å²) in [5.41, 5.74) is 0.954. The summed E-state index contributed by atoms with van der Waals surface area (Å²) >= 11 is 0. The van der Waals surface area contributed by atoms with Crippen molar-refractivity contribution < 1.29 is 4.74 Å². The maximum Gasteiger partial charge on any atom is 0.228 e. The molecule has 104 valence electrons. The van der Waals surface area contributed by atoms with E-state index < -0.39 is 0 Å². The van der Waals surface area contributed by atoms with Crippen LogP contribution in [0.5, 0.6) is 0 Å². The monoisotopic (exact) mass is 270 g/mol. The number of hydrogen-bond acceptors (Lipinski definition) is 5. The Morgan fingerprint density at radius 3 is 2.85 bits per heavy atom. The highest BCUT2D eigenvalue weighted by Gasteiger charge is 2.16. The Balaban J connectivity index is 2.01. The van der Waals surface area contributed by atoms with E-state index in [9.17, 15) is 0 Å². The standard InChI is InChI=1S/C15H18N4O/c1-2-7-16-14-12-5-3-4-6-13(12)17-15(18-14)19-8-10-20-11-9-19/h2-6H,1,7-11H2,(H,16,17,18). The van der Waals surface area contributed by atoms with Gasteiger partial charge >= 0.3 is 0 Å². The third-order valence-electron chi connectivity index (χ3n) is 3.30. The number of fused-ring (bicyclic) bond motifs is 1. The van der Waals surface area contributed by atoms with Crippen molar-refractivity contribution in [2.75, 3.05) is 43.1 Å². The molecule has 5 heteroatoms. The van der Waals surface area contributed by atoms with E-state index in [0.717, 1.165) is 49.0 Å². The fourth-order valence-corrected chi connectivity index (χ4v) is 2.27. The first-order valence-corrected chi connectivity index (χ1v) is 6.83. The Bertz CT molecular complexity index is 608. The Labute approximate surface area is 118 Å². The maximum atomic E-state index is 5.38. The van der Waals surface area contributed by atoms with E-state index in [0.29, 0.717) is 6.54 Å². The fourth-order valence-electron chi connectivity index (χ4n) is 2.27. The molecule has 2 heterocycles. The van der Waals surface area contributed by atoms with Gasteiger partial charge in [-0.25, -0.2) is 4.98 Å². The van der Waals surface area contributed by atoms with Crippen LogP contribution in [0.2, 0.25) is 0 Å². The summed E-state index contributed by atoms with van der Waals surface area (Å²) in [6, 6.07) is 8.04. The predicted octanol–water partition coefficient (Wildman–Crippen LogP) is 2.06. The molecule has 0 spiro atoms. The van der Waals surface area contributed by atoms with Crippen LogP contribution < -0.4 is 10.2 Å². The van der Waals surface area contributed by atoms with Crippen molar-refractivity contribution >= 4 is 22.7 Å². The molecule has 0 atom stereocenters. The largest absolute Gasteiger partial charge is 0.378 e. The van der Waals surface area contributed by atoms with E-state index >= 15 is 0 Å².